The van der Waals surface area contributed by atoms with E-state index in [4.69, 9.17) is 4.42 Å². The third-order valence-electron chi connectivity index (χ3n) is 4.45. The fraction of sp³-hybridized carbons (Fsp3) is 0.190. The molecule has 0 fully saturated rings. The van der Waals surface area contributed by atoms with E-state index in [1.807, 2.05) is 60.7 Å². The van der Waals surface area contributed by atoms with Gasteiger partial charge in [0.25, 0.3) is 5.91 Å². The zero-order valence-corrected chi connectivity index (χ0v) is 15.0. The van der Waals surface area contributed by atoms with Gasteiger partial charge in [-0.25, -0.2) is 0 Å². The molecule has 1 N–H and O–H groups in total. The molecule has 0 saturated carbocycles. The molecule has 0 aliphatic carbocycles. The van der Waals surface area contributed by atoms with Crippen molar-refractivity contribution in [3.05, 3.63) is 89.4 Å². The quantitative estimate of drug-likeness (QED) is 0.702. The molecule has 1 aliphatic rings. The zero-order chi connectivity index (χ0) is 17.9. The lowest BCUT2D eigenvalue weighted by molar-refractivity contribution is 0.0520. The van der Waals surface area contributed by atoms with Crippen molar-refractivity contribution in [1.29, 1.82) is 0 Å². The molecule has 4 rings (SSSR count). The molecule has 4 nitrogen and oxygen atoms in total. The fourth-order valence-electron chi connectivity index (χ4n) is 3.13. The molecule has 2 heterocycles. The van der Waals surface area contributed by atoms with E-state index in [9.17, 15) is 9.90 Å². The van der Waals surface area contributed by atoms with Gasteiger partial charge in [-0.3, -0.25) is 4.79 Å². The molecule has 2 aromatic carbocycles. The number of thioether (sulfide) groups is 1. The Labute approximate surface area is 156 Å². The van der Waals surface area contributed by atoms with Gasteiger partial charge in [0.2, 0.25) is 0 Å². The summed E-state index contributed by atoms with van der Waals surface area (Å²) in [5, 5.41) is 10.3. The topological polar surface area (TPSA) is 53.7 Å². The third kappa shape index (κ3) is 3.54. The van der Waals surface area contributed by atoms with E-state index in [1.54, 1.807) is 22.7 Å². The zero-order valence-electron chi connectivity index (χ0n) is 14.2. The summed E-state index contributed by atoms with van der Waals surface area (Å²) in [6.45, 7) is 0.769. The van der Waals surface area contributed by atoms with Crippen molar-refractivity contribution in [3.63, 3.8) is 0 Å². The SMILES string of the molecule is O=C(c1ccc(CSc2ccccc2)o1)N1Cc2ccccc2[C@@H](O)C1. The summed E-state index contributed by atoms with van der Waals surface area (Å²) in [5.74, 6) is 1.57. The van der Waals surface area contributed by atoms with Gasteiger partial charge in [0.15, 0.2) is 5.76 Å². The van der Waals surface area contributed by atoms with Crippen LogP contribution < -0.4 is 0 Å². The van der Waals surface area contributed by atoms with Crippen molar-refractivity contribution in [3.8, 4) is 0 Å². The number of hydrogen-bond donors (Lipinski definition) is 1. The molecule has 0 spiro atoms. The molecule has 1 amide bonds. The first-order valence-electron chi connectivity index (χ1n) is 8.52. The van der Waals surface area contributed by atoms with E-state index < -0.39 is 6.10 Å². The smallest absolute Gasteiger partial charge is 0.289 e. The number of carbonyl (C=O) groups is 1. The van der Waals surface area contributed by atoms with Crippen LogP contribution in [0.3, 0.4) is 0 Å². The summed E-state index contributed by atoms with van der Waals surface area (Å²) in [6, 6.07) is 21.3. The van der Waals surface area contributed by atoms with Crippen LogP contribution in [0.1, 0.15) is 33.5 Å². The Morgan fingerprint density at radius 2 is 1.85 bits per heavy atom. The molecule has 0 saturated heterocycles. The average Bonchev–Trinajstić information content (AvgIpc) is 3.15. The maximum Gasteiger partial charge on any atom is 0.289 e. The summed E-state index contributed by atoms with van der Waals surface area (Å²) >= 11 is 1.67. The van der Waals surface area contributed by atoms with Crippen molar-refractivity contribution in [2.45, 2.75) is 23.3 Å². The van der Waals surface area contributed by atoms with Gasteiger partial charge in [0, 0.05) is 11.4 Å². The Kier molecular flexibility index (Phi) is 4.82. The molecule has 1 aromatic heterocycles. The molecule has 0 bridgehead atoms. The Morgan fingerprint density at radius 1 is 1.08 bits per heavy atom. The maximum atomic E-state index is 12.8. The molecule has 0 radical (unpaired) electrons. The van der Waals surface area contributed by atoms with Gasteiger partial charge in [0.1, 0.15) is 5.76 Å². The summed E-state index contributed by atoms with van der Waals surface area (Å²) in [7, 11) is 0. The molecular formula is C21H19NO3S. The molecule has 1 aliphatic heterocycles. The Morgan fingerprint density at radius 3 is 2.69 bits per heavy atom. The lowest BCUT2D eigenvalue weighted by Crippen LogP contribution is -2.38. The molecular weight excluding hydrogens is 346 g/mol. The lowest BCUT2D eigenvalue weighted by Gasteiger charge is -2.31. The number of rotatable bonds is 4. The van der Waals surface area contributed by atoms with Crippen molar-refractivity contribution in [1.82, 2.24) is 4.90 Å². The van der Waals surface area contributed by atoms with Crippen molar-refractivity contribution in [2.24, 2.45) is 0 Å². The summed E-state index contributed by atoms with van der Waals surface area (Å²) in [6.07, 6.45) is -0.660. The van der Waals surface area contributed by atoms with Crippen LogP contribution in [0.25, 0.3) is 0 Å². The number of aliphatic hydroxyl groups excluding tert-OH is 1. The highest BCUT2D eigenvalue weighted by molar-refractivity contribution is 7.98. The van der Waals surface area contributed by atoms with Gasteiger partial charge < -0.3 is 14.4 Å². The number of amides is 1. The summed E-state index contributed by atoms with van der Waals surface area (Å²) < 4.78 is 5.75. The van der Waals surface area contributed by atoms with Crippen LogP contribution in [0.4, 0.5) is 0 Å². The number of fused-ring (bicyclic) bond motifs is 1. The van der Waals surface area contributed by atoms with Crippen LogP contribution in [0.2, 0.25) is 0 Å². The number of carbonyl (C=O) groups excluding carboxylic acids is 1. The minimum Gasteiger partial charge on any atom is -0.455 e. The number of β-amino-alcohol motifs (C(OH)–C–C–N with tert-alkyl or cyclic N) is 1. The second-order valence-corrected chi connectivity index (χ2v) is 7.32. The van der Waals surface area contributed by atoms with Crippen LogP contribution in [-0.2, 0) is 12.3 Å². The Hall–Kier alpha value is -2.50. The fourth-order valence-corrected chi connectivity index (χ4v) is 3.95. The number of furan rings is 1. The van der Waals surface area contributed by atoms with Crippen LogP contribution >= 0.6 is 11.8 Å². The van der Waals surface area contributed by atoms with E-state index >= 15 is 0 Å². The standard InChI is InChI=1S/C21H19NO3S/c23-19-13-22(12-15-6-4-5-9-18(15)19)21(24)20-11-10-16(25-20)14-26-17-7-2-1-3-8-17/h1-11,19,23H,12-14H2/t19-/m0/s1. The summed E-state index contributed by atoms with van der Waals surface area (Å²) in [4.78, 5) is 15.6. The molecule has 26 heavy (non-hydrogen) atoms. The highest BCUT2D eigenvalue weighted by Crippen LogP contribution is 2.28. The first-order valence-corrected chi connectivity index (χ1v) is 9.51. The van der Waals surface area contributed by atoms with Crippen LogP contribution in [0.15, 0.2) is 76.0 Å². The predicted molar refractivity (Wildman–Crippen MR) is 101 cm³/mol. The van der Waals surface area contributed by atoms with Crippen molar-refractivity contribution >= 4 is 17.7 Å². The first kappa shape index (κ1) is 16.9. The van der Waals surface area contributed by atoms with Gasteiger partial charge in [-0.1, -0.05) is 42.5 Å². The lowest BCUT2D eigenvalue weighted by atomic mass is 9.97. The largest absolute Gasteiger partial charge is 0.455 e. The van der Waals surface area contributed by atoms with E-state index in [0.717, 1.165) is 21.8 Å². The monoisotopic (exact) mass is 365 g/mol. The Balaban J connectivity index is 1.44. The second-order valence-electron chi connectivity index (χ2n) is 6.27. The van der Waals surface area contributed by atoms with Gasteiger partial charge in [-0.15, -0.1) is 11.8 Å². The van der Waals surface area contributed by atoms with Gasteiger partial charge >= 0.3 is 0 Å². The molecule has 5 heteroatoms. The van der Waals surface area contributed by atoms with Gasteiger partial charge in [0.05, 0.1) is 18.4 Å². The Bertz CT molecular complexity index is 906. The minimum absolute atomic E-state index is 0.186. The molecule has 1 atom stereocenters. The minimum atomic E-state index is -0.660. The van der Waals surface area contributed by atoms with Crippen molar-refractivity contribution < 1.29 is 14.3 Å². The third-order valence-corrected chi connectivity index (χ3v) is 5.49. The van der Waals surface area contributed by atoms with E-state index in [2.05, 4.69) is 0 Å². The number of hydrogen-bond acceptors (Lipinski definition) is 4. The highest BCUT2D eigenvalue weighted by Gasteiger charge is 2.28. The van der Waals surface area contributed by atoms with Crippen LogP contribution in [0, 0.1) is 0 Å². The summed E-state index contributed by atoms with van der Waals surface area (Å²) in [5.41, 5.74) is 1.88. The van der Waals surface area contributed by atoms with Gasteiger partial charge in [-0.2, -0.15) is 0 Å². The van der Waals surface area contributed by atoms with E-state index in [1.165, 1.54) is 0 Å². The van der Waals surface area contributed by atoms with Crippen molar-refractivity contribution in [2.75, 3.05) is 6.54 Å². The second kappa shape index (κ2) is 7.40. The predicted octanol–water partition coefficient (Wildman–Crippen LogP) is 4.26. The molecule has 132 valence electrons. The number of benzene rings is 2. The van der Waals surface area contributed by atoms with E-state index in [0.29, 0.717) is 18.1 Å². The average molecular weight is 365 g/mol. The number of nitrogens with zero attached hydrogens (tertiary/aromatic N) is 1. The molecule has 3 aromatic rings. The number of aliphatic hydroxyl groups is 1. The normalized spacial score (nSPS) is 16.3. The maximum absolute atomic E-state index is 12.8. The van der Waals surface area contributed by atoms with Gasteiger partial charge in [-0.05, 0) is 35.4 Å². The van der Waals surface area contributed by atoms with Crippen LogP contribution in [0.5, 0.6) is 0 Å². The molecule has 0 unspecified atom stereocenters. The van der Waals surface area contributed by atoms with Crippen LogP contribution in [-0.4, -0.2) is 22.5 Å². The highest BCUT2D eigenvalue weighted by atomic mass is 32.2. The first-order chi connectivity index (χ1) is 12.7. The van der Waals surface area contributed by atoms with E-state index in [-0.39, 0.29) is 12.5 Å².